The molecular weight excluding hydrogens is 454 g/mol. The lowest BCUT2D eigenvalue weighted by molar-refractivity contribution is -0.140. The average molecular weight is 486 g/mol. The Kier molecular flexibility index (Phi) is 9.03. The summed E-state index contributed by atoms with van der Waals surface area (Å²) in [5.41, 5.74) is 6.11. The molecular formula is C24H31N5O4S. The van der Waals surface area contributed by atoms with Crippen LogP contribution < -0.4 is 21.1 Å². The molecule has 34 heavy (non-hydrogen) atoms. The number of amides is 3. The Labute approximate surface area is 203 Å². The molecule has 182 valence electrons. The number of likely N-dealkylation sites (tertiary alicyclic amines) is 1. The van der Waals surface area contributed by atoms with Gasteiger partial charge in [0, 0.05) is 28.3 Å². The zero-order valence-electron chi connectivity index (χ0n) is 19.2. The molecule has 1 aliphatic rings. The minimum absolute atomic E-state index is 0.0130. The number of rotatable bonds is 11. The van der Waals surface area contributed by atoms with Gasteiger partial charge in [-0.25, -0.2) is 0 Å². The van der Waals surface area contributed by atoms with Crippen molar-refractivity contribution in [1.82, 2.24) is 15.5 Å². The van der Waals surface area contributed by atoms with Gasteiger partial charge in [0.2, 0.25) is 17.7 Å². The van der Waals surface area contributed by atoms with E-state index < -0.39 is 6.04 Å². The second-order valence-corrected chi connectivity index (χ2v) is 9.21. The highest BCUT2D eigenvalue weighted by atomic mass is 32.1. The molecule has 1 fully saturated rings. The number of para-hydroxylation sites is 1. The normalized spacial score (nSPS) is 17.3. The molecule has 0 saturated carbocycles. The van der Waals surface area contributed by atoms with Crippen LogP contribution in [-0.2, 0) is 20.9 Å². The second-order valence-electron chi connectivity index (χ2n) is 8.22. The van der Waals surface area contributed by atoms with Crippen molar-refractivity contribution in [3.8, 4) is 5.75 Å². The predicted molar refractivity (Wildman–Crippen MR) is 131 cm³/mol. The molecule has 1 aliphatic heterocycles. The van der Waals surface area contributed by atoms with E-state index in [9.17, 15) is 14.4 Å². The number of amidine groups is 1. The Morgan fingerprint density at radius 3 is 2.68 bits per heavy atom. The molecule has 2 aromatic rings. The number of benzene rings is 1. The van der Waals surface area contributed by atoms with Crippen LogP contribution in [-0.4, -0.2) is 53.7 Å². The summed E-state index contributed by atoms with van der Waals surface area (Å²) in [4.78, 5) is 40.2. The summed E-state index contributed by atoms with van der Waals surface area (Å²) >= 11 is 1.42. The van der Waals surface area contributed by atoms with Gasteiger partial charge in [-0.2, -0.15) is 0 Å². The van der Waals surface area contributed by atoms with Crippen molar-refractivity contribution < 1.29 is 19.1 Å². The summed E-state index contributed by atoms with van der Waals surface area (Å²) < 4.78 is 5.57. The molecule has 0 radical (unpaired) electrons. The van der Waals surface area contributed by atoms with Gasteiger partial charge in [-0.15, -0.1) is 11.3 Å². The fraction of sp³-hybridized carbons (Fsp3) is 0.417. The summed E-state index contributed by atoms with van der Waals surface area (Å²) in [5.74, 6) is 0.0236. The first kappa shape index (κ1) is 25.2. The van der Waals surface area contributed by atoms with Crippen molar-refractivity contribution in [3.63, 3.8) is 0 Å². The van der Waals surface area contributed by atoms with Gasteiger partial charge >= 0.3 is 0 Å². The lowest BCUT2D eigenvalue weighted by Crippen LogP contribution is -2.51. The lowest BCUT2D eigenvalue weighted by atomic mass is 10.2. The zero-order chi connectivity index (χ0) is 24.5. The first-order valence-corrected chi connectivity index (χ1v) is 12.2. The molecule has 0 bridgehead atoms. The number of ether oxygens (including phenoxy) is 1. The van der Waals surface area contributed by atoms with Gasteiger partial charge in [-0.1, -0.05) is 18.2 Å². The van der Waals surface area contributed by atoms with Gasteiger partial charge < -0.3 is 26.0 Å². The van der Waals surface area contributed by atoms with E-state index in [-0.39, 0.29) is 42.6 Å². The molecule has 9 nitrogen and oxygen atoms in total. The van der Waals surface area contributed by atoms with Gasteiger partial charge in [0.05, 0.1) is 19.7 Å². The Morgan fingerprint density at radius 1 is 1.21 bits per heavy atom. The van der Waals surface area contributed by atoms with Crippen LogP contribution >= 0.6 is 11.3 Å². The number of carbonyl (C=O) groups excluding carboxylic acids is 3. The van der Waals surface area contributed by atoms with Crippen molar-refractivity contribution in [2.24, 2.45) is 5.73 Å². The Hall–Kier alpha value is -3.40. The lowest BCUT2D eigenvalue weighted by Gasteiger charge is -2.28. The molecule has 2 unspecified atom stereocenters. The molecule has 0 aliphatic carbocycles. The summed E-state index contributed by atoms with van der Waals surface area (Å²) in [5, 5.41) is 14.8. The van der Waals surface area contributed by atoms with Gasteiger partial charge in [-0.3, -0.25) is 19.8 Å². The van der Waals surface area contributed by atoms with Crippen LogP contribution in [0.3, 0.4) is 0 Å². The maximum absolute atomic E-state index is 12.8. The smallest absolute Gasteiger partial charge is 0.243 e. The number of thiophene rings is 1. The van der Waals surface area contributed by atoms with Gasteiger partial charge in [0.25, 0.3) is 0 Å². The number of hydrogen-bond acceptors (Lipinski definition) is 6. The van der Waals surface area contributed by atoms with Crippen LogP contribution in [0.25, 0.3) is 0 Å². The molecule has 10 heteroatoms. The largest absolute Gasteiger partial charge is 0.494 e. The van der Waals surface area contributed by atoms with Crippen molar-refractivity contribution in [2.75, 3.05) is 13.2 Å². The fourth-order valence-electron chi connectivity index (χ4n) is 3.86. The van der Waals surface area contributed by atoms with Crippen LogP contribution in [0.15, 0.2) is 41.8 Å². The quantitative estimate of drug-likeness (QED) is 0.219. The number of nitrogens with two attached hydrogens (primary N) is 1. The molecule has 1 aromatic carbocycles. The highest BCUT2D eigenvalue weighted by Gasteiger charge is 2.38. The van der Waals surface area contributed by atoms with Gasteiger partial charge in [-0.05, 0) is 44.4 Å². The summed E-state index contributed by atoms with van der Waals surface area (Å²) in [7, 11) is 0. The highest BCUT2D eigenvalue weighted by molar-refractivity contribution is 7.10. The fourth-order valence-corrected chi connectivity index (χ4v) is 4.69. The zero-order valence-corrected chi connectivity index (χ0v) is 20.0. The number of carbonyl (C=O) groups is 3. The third-order valence-electron chi connectivity index (χ3n) is 5.66. The van der Waals surface area contributed by atoms with Crippen LogP contribution in [0.4, 0.5) is 0 Å². The third-order valence-corrected chi connectivity index (χ3v) is 6.59. The van der Waals surface area contributed by atoms with Gasteiger partial charge in [0.15, 0.2) is 0 Å². The third kappa shape index (κ3) is 7.05. The van der Waals surface area contributed by atoms with E-state index in [4.69, 9.17) is 15.9 Å². The first-order chi connectivity index (χ1) is 16.3. The van der Waals surface area contributed by atoms with E-state index in [0.29, 0.717) is 31.6 Å². The van der Waals surface area contributed by atoms with Crippen LogP contribution in [0.1, 0.15) is 43.0 Å². The van der Waals surface area contributed by atoms with Crippen molar-refractivity contribution in [3.05, 3.63) is 52.2 Å². The van der Waals surface area contributed by atoms with Gasteiger partial charge in [0.1, 0.15) is 17.6 Å². The molecule has 5 N–H and O–H groups in total. The maximum atomic E-state index is 12.8. The van der Waals surface area contributed by atoms with E-state index in [1.54, 1.807) is 16.3 Å². The molecule has 2 atom stereocenters. The predicted octanol–water partition coefficient (Wildman–Crippen LogP) is 2.00. The second kappa shape index (κ2) is 12.2. The van der Waals surface area contributed by atoms with Crippen LogP contribution in [0, 0.1) is 5.41 Å². The molecule has 1 saturated heterocycles. The Morgan fingerprint density at radius 2 is 1.97 bits per heavy atom. The molecule has 1 aromatic heterocycles. The molecule has 2 heterocycles. The Balaban J connectivity index is 1.41. The van der Waals surface area contributed by atoms with Crippen LogP contribution in [0.5, 0.6) is 5.75 Å². The number of nitrogen functional groups attached to an aromatic ring is 1. The average Bonchev–Trinajstić information content (AvgIpc) is 3.46. The Bertz CT molecular complexity index is 1010. The van der Waals surface area contributed by atoms with E-state index in [1.807, 2.05) is 37.3 Å². The molecule has 3 rings (SSSR count). The molecule has 3 amide bonds. The highest BCUT2D eigenvalue weighted by Crippen LogP contribution is 2.24. The number of nitrogens with one attached hydrogen (secondary N) is 3. The standard InChI is InChI=1S/C24H31N5O4S/c1-16-9-10-20(24(32)28-13-19-12-17(15-34-19)23(25)26)29(16)22(31)14-27-21(30)8-5-11-33-18-6-3-2-4-7-18/h2-4,6-7,12,15-16,20H,5,8-11,13-14H2,1H3,(H3,25,26)(H,27,30)(H,28,32). The first-order valence-electron chi connectivity index (χ1n) is 11.3. The minimum Gasteiger partial charge on any atom is -0.494 e. The van der Waals surface area contributed by atoms with E-state index in [2.05, 4.69) is 10.6 Å². The summed E-state index contributed by atoms with van der Waals surface area (Å²) in [6.07, 6.45) is 2.09. The number of nitrogens with zero attached hydrogens (tertiary/aromatic N) is 1. The maximum Gasteiger partial charge on any atom is 0.243 e. The van der Waals surface area contributed by atoms with E-state index in [1.165, 1.54) is 11.3 Å². The van der Waals surface area contributed by atoms with E-state index in [0.717, 1.165) is 17.0 Å². The number of hydrogen-bond donors (Lipinski definition) is 4. The summed E-state index contributed by atoms with van der Waals surface area (Å²) in [6, 6.07) is 10.5. The van der Waals surface area contributed by atoms with Crippen molar-refractivity contribution >= 4 is 34.9 Å². The minimum atomic E-state index is -0.564. The SMILES string of the molecule is CC1CCC(C(=O)NCc2cc(C(=N)N)cs2)N1C(=O)CNC(=O)CCCOc1ccccc1. The van der Waals surface area contributed by atoms with E-state index >= 15 is 0 Å². The molecule has 0 spiro atoms. The topological polar surface area (TPSA) is 138 Å². The van der Waals surface area contributed by atoms with Crippen molar-refractivity contribution in [1.29, 1.82) is 5.41 Å². The summed E-state index contributed by atoms with van der Waals surface area (Å²) in [6.45, 7) is 2.49. The van der Waals surface area contributed by atoms with Crippen LogP contribution in [0.2, 0.25) is 0 Å². The van der Waals surface area contributed by atoms with Crippen molar-refractivity contribution in [2.45, 2.75) is 51.2 Å². The monoisotopic (exact) mass is 485 g/mol.